The molecule has 62 heavy (non-hydrogen) atoms. The number of para-hydroxylation sites is 2. The summed E-state index contributed by atoms with van der Waals surface area (Å²) in [4.78, 5) is 15.4. The maximum Gasteiger partial charge on any atom is 0.164 e. The van der Waals surface area contributed by atoms with Crippen LogP contribution >= 0.6 is 0 Å². The SMILES string of the molecule is c1ccc(-c2cc(-c3ccccc3)cc(-c3nc(-c4ccccc4)nc(-c4ccc5c(c4)oc4ccc(-c6ccc7c(c6)c6ccccc6n7-c6ccccc6)cc45)n3)c2)cc1. The van der Waals surface area contributed by atoms with Gasteiger partial charge in [-0.1, -0.05) is 146 Å². The topological polar surface area (TPSA) is 56.7 Å². The number of fused-ring (bicyclic) bond motifs is 6. The standard InChI is InChI=1S/C57H36N4O/c1-5-15-37(16-6-1)43-31-44(38-17-7-2-8-18-38)33-45(32-43)57-59-55(39-19-9-3-10-20-39)58-56(60-57)42-25-28-48-50-35-41(27-30-53(50)62-54(48)36-42)40-26-29-52-49(34-40)47-23-13-14-24-51(47)61(52)46-21-11-4-12-22-46/h1-36H. The van der Waals surface area contributed by atoms with Gasteiger partial charge in [-0.3, -0.25) is 0 Å². The number of aromatic nitrogens is 4. The number of furan rings is 1. The summed E-state index contributed by atoms with van der Waals surface area (Å²) in [6.45, 7) is 0. The fourth-order valence-electron chi connectivity index (χ4n) is 8.81. The Hall–Kier alpha value is -8.41. The van der Waals surface area contributed by atoms with E-state index in [0.29, 0.717) is 17.5 Å². The summed E-state index contributed by atoms with van der Waals surface area (Å²) in [5.41, 5.74) is 14.5. The van der Waals surface area contributed by atoms with Crippen molar-refractivity contribution < 1.29 is 4.42 Å². The van der Waals surface area contributed by atoms with Gasteiger partial charge in [0.2, 0.25) is 0 Å². The summed E-state index contributed by atoms with van der Waals surface area (Å²) < 4.78 is 8.92. The number of nitrogens with zero attached hydrogens (tertiary/aromatic N) is 4. The van der Waals surface area contributed by atoms with Crippen LogP contribution in [0.4, 0.5) is 0 Å². The van der Waals surface area contributed by atoms with Crippen molar-refractivity contribution in [3.8, 4) is 73.2 Å². The second kappa shape index (κ2) is 14.7. The molecular weight excluding hydrogens is 757 g/mol. The van der Waals surface area contributed by atoms with E-state index in [0.717, 1.165) is 77.7 Å². The van der Waals surface area contributed by atoms with Crippen LogP contribution in [0, 0.1) is 0 Å². The molecule has 12 rings (SSSR count). The Morgan fingerprint density at radius 2 is 0.774 bits per heavy atom. The van der Waals surface area contributed by atoms with Crippen molar-refractivity contribution in [2.24, 2.45) is 0 Å². The predicted molar refractivity (Wildman–Crippen MR) is 254 cm³/mol. The van der Waals surface area contributed by atoms with Crippen LogP contribution in [0.25, 0.3) is 117 Å². The van der Waals surface area contributed by atoms with Crippen LogP contribution < -0.4 is 0 Å². The van der Waals surface area contributed by atoms with Crippen molar-refractivity contribution in [1.82, 2.24) is 19.5 Å². The van der Waals surface area contributed by atoms with Gasteiger partial charge < -0.3 is 8.98 Å². The largest absolute Gasteiger partial charge is 0.456 e. The van der Waals surface area contributed by atoms with Gasteiger partial charge in [-0.25, -0.2) is 15.0 Å². The van der Waals surface area contributed by atoms with Crippen molar-refractivity contribution >= 4 is 43.7 Å². The van der Waals surface area contributed by atoms with Crippen molar-refractivity contribution in [2.75, 3.05) is 0 Å². The quantitative estimate of drug-likeness (QED) is 0.161. The van der Waals surface area contributed by atoms with Crippen LogP contribution in [0.5, 0.6) is 0 Å². The lowest BCUT2D eigenvalue weighted by molar-refractivity contribution is 0.669. The minimum atomic E-state index is 0.575. The van der Waals surface area contributed by atoms with E-state index >= 15 is 0 Å². The zero-order valence-electron chi connectivity index (χ0n) is 33.5. The van der Waals surface area contributed by atoms with E-state index < -0.39 is 0 Å². The average molecular weight is 793 g/mol. The Labute approximate surface area is 357 Å². The summed E-state index contributed by atoms with van der Waals surface area (Å²) in [7, 11) is 0. The average Bonchev–Trinajstić information content (AvgIpc) is 3.89. The molecule has 290 valence electrons. The molecule has 0 aliphatic rings. The summed E-state index contributed by atoms with van der Waals surface area (Å²) >= 11 is 0. The first-order valence-electron chi connectivity index (χ1n) is 20.8. The first-order chi connectivity index (χ1) is 30.7. The fraction of sp³-hybridized carbons (Fsp3) is 0. The number of hydrogen-bond acceptors (Lipinski definition) is 4. The molecule has 3 heterocycles. The van der Waals surface area contributed by atoms with Crippen molar-refractivity contribution in [3.05, 3.63) is 218 Å². The van der Waals surface area contributed by atoms with E-state index in [9.17, 15) is 0 Å². The fourth-order valence-corrected chi connectivity index (χ4v) is 8.81. The Kier molecular flexibility index (Phi) is 8.42. The minimum Gasteiger partial charge on any atom is -0.456 e. The minimum absolute atomic E-state index is 0.575. The highest BCUT2D eigenvalue weighted by atomic mass is 16.3. The molecule has 3 aromatic heterocycles. The molecule has 9 aromatic carbocycles. The zero-order valence-corrected chi connectivity index (χ0v) is 33.5. The molecule has 5 nitrogen and oxygen atoms in total. The molecule has 0 unspecified atom stereocenters. The second-order valence-electron chi connectivity index (χ2n) is 15.6. The van der Waals surface area contributed by atoms with Crippen molar-refractivity contribution in [1.29, 1.82) is 0 Å². The lowest BCUT2D eigenvalue weighted by Crippen LogP contribution is -2.00. The molecule has 0 aliphatic heterocycles. The highest BCUT2D eigenvalue weighted by Crippen LogP contribution is 2.39. The van der Waals surface area contributed by atoms with E-state index in [1.165, 1.54) is 21.8 Å². The van der Waals surface area contributed by atoms with Crippen LogP contribution in [0.3, 0.4) is 0 Å². The van der Waals surface area contributed by atoms with Gasteiger partial charge in [0, 0.05) is 43.9 Å². The second-order valence-corrected chi connectivity index (χ2v) is 15.6. The summed E-state index contributed by atoms with van der Waals surface area (Å²) in [5.74, 6) is 1.78. The Bertz CT molecular complexity index is 3560. The highest BCUT2D eigenvalue weighted by Gasteiger charge is 2.18. The third-order valence-electron chi connectivity index (χ3n) is 11.8. The van der Waals surface area contributed by atoms with Gasteiger partial charge in [0.25, 0.3) is 0 Å². The lowest BCUT2D eigenvalue weighted by Gasteiger charge is -2.12. The first kappa shape index (κ1) is 35.5. The molecular formula is C57H36N4O. The summed E-state index contributed by atoms with van der Waals surface area (Å²) in [5, 5.41) is 4.54. The third-order valence-corrected chi connectivity index (χ3v) is 11.8. The predicted octanol–water partition coefficient (Wildman–Crippen LogP) is 14.9. The Morgan fingerprint density at radius 1 is 0.274 bits per heavy atom. The van der Waals surface area contributed by atoms with Crippen molar-refractivity contribution in [2.45, 2.75) is 0 Å². The molecule has 0 amide bonds. The smallest absolute Gasteiger partial charge is 0.164 e. The van der Waals surface area contributed by atoms with Gasteiger partial charge >= 0.3 is 0 Å². The van der Waals surface area contributed by atoms with Crippen LogP contribution in [-0.4, -0.2) is 19.5 Å². The lowest BCUT2D eigenvalue weighted by atomic mass is 9.96. The molecule has 0 saturated heterocycles. The van der Waals surface area contributed by atoms with E-state index in [-0.39, 0.29) is 0 Å². The van der Waals surface area contributed by atoms with Crippen LogP contribution in [0.15, 0.2) is 223 Å². The molecule has 0 radical (unpaired) electrons. The van der Waals surface area contributed by atoms with Gasteiger partial charge in [-0.15, -0.1) is 0 Å². The Balaban J connectivity index is 0.968. The normalized spacial score (nSPS) is 11.5. The molecule has 0 N–H and O–H groups in total. The maximum absolute atomic E-state index is 6.57. The van der Waals surface area contributed by atoms with Crippen molar-refractivity contribution in [3.63, 3.8) is 0 Å². The van der Waals surface area contributed by atoms with Crippen LogP contribution in [0.1, 0.15) is 0 Å². The molecule has 0 bridgehead atoms. The van der Waals surface area contributed by atoms with E-state index in [2.05, 4.69) is 180 Å². The van der Waals surface area contributed by atoms with E-state index in [1.807, 2.05) is 42.5 Å². The summed E-state index contributed by atoms with van der Waals surface area (Å²) in [6, 6.07) is 76.4. The molecule has 0 fully saturated rings. The van der Waals surface area contributed by atoms with Crippen LogP contribution in [0.2, 0.25) is 0 Å². The Morgan fingerprint density at radius 3 is 1.45 bits per heavy atom. The van der Waals surface area contributed by atoms with E-state index in [4.69, 9.17) is 19.4 Å². The van der Waals surface area contributed by atoms with Crippen LogP contribution in [-0.2, 0) is 0 Å². The van der Waals surface area contributed by atoms with E-state index in [1.54, 1.807) is 0 Å². The molecule has 0 saturated carbocycles. The van der Waals surface area contributed by atoms with Gasteiger partial charge in [0.15, 0.2) is 17.5 Å². The van der Waals surface area contributed by atoms with Gasteiger partial charge in [0.05, 0.1) is 11.0 Å². The first-order valence-corrected chi connectivity index (χ1v) is 20.8. The molecule has 0 aliphatic carbocycles. The maximum atomic E-state index is 6.57. The third kappa shape index (κ3) is 6.23. The van der Waals surface area contributed by atoms with Gasteiger partial charge in [0.1, 0.15) is 11.2 Å². The molecule has 12 aromatic rings. The molecule has 0 spiro atoms. The number of hydrogen-bond donors (Lipinski definition) is 0. The molecule has 0 atom stereocenters. The number of rotatable bonds is 7. The zero-order chi connectivity index (χ0) is 41.0. The van der Waals surface area contributed by atoms with Gasteiger partial charge in [-0.05, 0) is 106 Å². The van der Waals surface area contributed by atoms with Gasteiger partial charge in [-0.2, -0.15) is 0 Å². The number of benzene rings is 9. The monoisotopic (exact) mass is 792 g/mol. The highest BCUT2D eigenvalue weighted by molar-refractivity contribution is 6.11. The summed E-state index contributed by atoms with van der Waals surface area (Å²) in [6.07, 6.45) is 0. The molecule has 5 heteroatoms.